The molecule has 0 aliphatic heterocycles. The van der Waals surface area contributed by atoms with Gasteiger partial charge in [-0.05, 0) is 13.8 Å². The predicted molar refractivity (Wildman–Crippen MR) is 43.4 cm³/mol. The van der Waals surface area contributed by atoms with Crippen LogP contribution in [0, 0.1) is 0 Å². The van der Waals surface area contributed by atoms with Crippen LogP contribution in [0.15, 0.2) is 12.2 Å². The lowest BCUT2D eigenvalue weighted by Gasteiger charge is -2.17. The molecule has 0 saturated carbocycles. The fourth-order valence-corrected chi connectivity index (χ4v) is 0.422. The Morgan fingerprint density at radius 2 is 2.08 bits per heavy atom. The summed E-state index contributed by atoms with van der Waals surface area (Å²) >= 11 is 0. The molecule has 0 fully saturated rings. The first kappa shape index (κ1) is 11.1. The Kier molecular flexibility index (Phi) is 4.54. The molecule has 0 rings (SSSR count). The highest BCUT2D eigenvalue weighted by molar-refractivity contribution is 5.87. The van der Waals surface area contributed by atoms with Crippen molar-refractivity contribution >= 4 is 5.97 Å². The number of hydrogen-bond acceptors (Lipinski definition) is 4. The van der Waals surface area contributed by atoms with E-state index in [1.807, 2.05) is 0 Å². The van der Waals surface area contributed by atoms with E-state index in [2.05, 4.69) is 11.3 Å². The molecule has 0 spiro atoms. The largest absolute Gasteiger partial charge is 0.430 e. The quantitative estimate of drug-likeness (QED) is 0.382. The minimum atomic E-state index is -1.24. The smallest absolute Gasteiger partial charge is 0.335 e. The molecule has 0 radical (unpaired) electrons. The Bertz CT molecular complexity index is 176. The standard InChI is InChI=1S/C8H14O4/c1-5(2)7(9)12-8(10)6(3)11-4/h6,8,10H,1H2,2-4H3. The highest BCUT2D eigenvalue weighted by Gasteiger charge is 2.17. The van der Waals surface area contributed by atoms with E-state index in [4.69, 9.17) is 9.84 Å². The van der Waals surface area contributed by atoms with E-state index in [1.165, 1.54) is 14.0 Å². The average Bonchev–Trinajstić information content (AvgIpc) is 2.02. The molecule has 0 bridgehead atoms. The van der Waals surface area contributed by atoms with Crippen molar-refractivity contribution in [3.63, 3.8) is 0 Å². The van der Waals surface area contributed by atoms with Crippen molar-refractivity contribution in [2.24, 2.45) is 0 Å². The van der Waals surface area contributed by atoms with E-state index in [1.54, 1.807) is 6.92 Å². The summed E-state index contributed by atoms with van der Waals surface area (Å²) in [6.45, 7) is 6.47. The van der Waals surface area contributed by atoms with Crippen LogP contribution in [0.25, 0.3) is 0 Å². The average molecular weight is 174 g/mol. The Morgan fingerprint density at radius 3 is 2.42 bits per heavy atom. The van der Waals surface area contributed by atoms with Gasteiger partial charge < -0.3 is 14.6 Å². The Morgan fingerprint density at radius 1 is 1.58 bits per heavy atom. The van der Waals surface area contributed by atoms with Crippen molar-refractivity contribution in [3.05, 3.63) is 12.2 Å². The van der Waals surface area contributed by atoms with Gasteiger partial charge in [-0.15, -0.1) is 0 Å². The van der Waals surface area contributed by atoms with E-state index in [9.17, 15) is 4.79 Å². The fraction of sp³-hybridized carbons (Fsp3) is 0.625. The van der Waals surface area contributed by atoms with Gasteiger partial charge in [-0.3, -0.25) is 0 Å². The molecule has 70 valence electrons. The maximum Gasteiger partial charge on any atom is 0.335 e. The number of carbonyl (C=O) groups excluding carboxylic acids is 1. The highest BCUT2D eigenvalue weighted by atomic mass is 16.7. The summed E-state index contributed by atoms with van der Waals surface area (Å²) in [5, 5.41) is 9.13. The highest BCUT2D eigenvalue weighted by Crippen LogP contribution is 2.02. The molecule has 0 aliphatic rings. The number of hydrogen-bond donors (Lipinski definition) is 1. The van der Waals surface area contributed by atoms with Crippen molar-refractivity contribution in [1.82, 2.24) is 0 Å². The lowest BCUT2D eigenvalue weighted by molar-refractivity contribution is -0.183. The van der Waals surface area contributed by atoms with Crippen LogP contribution in [-0.4, -0.2) is 30.6 Å². The number of aliphatic hydroxyl groups excluding tert-OH is 1. The van der Waals surface area contributed by atoms with E-state index < -0.39 is 18.4 Å². The summed E-state index contributed by atoms with van der Waals surface area (Å²) < 4.78 is 9.29. The van der Waals surface area contributed by atoms with E-state index in [0.29, 0.717) is 0 Å². The lowest BCUT2D eigenvalue weighted by atomic mass is 10.3. The van der Waals surface area contributed by atoms with Crippen LogP contribution in [0.2, 0.25) is 0 Å². The van der Waals surface area contributed by atoms with Crippen LogP contribution < -0.4 is 0 Å². The predicted octanol–water partition coefficient (Wildman–Crippen LogP) is 0.459. The first-order chi connectivity index (χ1) is 5.49. The maximum atomic E-state index is 10.8. The van der Waals surface area contributed by atoms with Crippen LogP contribution in [-0.2, 0) is 14.3 Å². The van der Waals surface area contributed by atoms with Gasteiger partial charge in [0, 0.05) is 12.7 Å². The third-order valence-electron chi connectivity index (χ3n) is 1.35. The second kappa shape index (κ2) is 4.90. The first-order valence-corrected chi connectivity index (χ1v) is 3.56. The molecule has 12 heavy (non-hydrogen) atoms. The van der Waals surface area contributed by atoms with Gasteiger partial charge in [0.2, 0.25) is 6.29 Å². The summed E-state index contributed by atoms with van der Waals surface area (Å²) in [7, 11) is 1.42. The molecule has 2 unspecified atom stereocenters. The molecule has 0 heterocycles. The van der Waals surface area contributed by atoms with Gasteiger partial charge >= 0.3 is 5.97 Å². The van der Waals surface area contributed by atoms with E-state index >= 15 is 0 Å². The Hall–Kier alpha value is -0.870. The van der Waals surface area contributed by atoms with E-state index in [-0.39, 0.29) is 5.57 Å². The van der Waals surface area contributed by atoms with Crippen molar-refractivity contribution in [2.75, 3.05) is 7.11 Å². The molecule has 0 saturated heterocycles. The molecular formula is C8H14O4. The van der Waals surface area contributed by atoms with Crippen molar-refractivity contribution < 1.29 is 19.4 Å². The SMILES string of the molecule is C=C(C)C(=O)OC(O)C(C)OC. The monoisotopic (exact) mass is 174 g/mol. The lowest BCUT2D eigenvalue weighted by Crippen LogP contribution is -2.30. The number of aliphatic hydroxyl groups is 1. The molecule has 0 aliphatic carbocycles. The van der Waals surface area contributed by atoms with Crippen molar-refractivity contribution in [1.29, 1.82) is 0 Å². The molecule has 0 aromatic carbocycles. The zero-order chi connectivity index (χ0) is 9.72. The van der Waals surface area contributed by atoms with Gasteiger partial charge in [-0.1, -0.05) is 6.58 Å². The van der Waals surface area contributed by atoms with E-state index in [0.717, 1.165) is 0 Å². The summed E-state index contributed by atoms with van der Waals surface area (Å²) in [5.41, 5.74) is 0.248. The Labute approximate surface area is 71.8 Å². The minimum Gasteiger partial charge on any atom is -0.430 e. The van der Waals surface area contributed by atoms with Gasteiger partial charge in [-0.25, -0.2) is 4.79 Å². The maximum absolute atomic E-state index is 10.8. The third-order valence-corrected chi connectivity index (χ3v) is 1.35. The minimum absolute atomic E-state index is 0.248. The van der Waals surface area contributed by atoms with Crippen LogP contribution in [0.4, 0.5) is 0 Å². The molecule has 4 nitrogen and oxygen atoms in total. The number of rotatable bonds is 4. The Balaban J connectivity index is 3.92. The molecule has 1 N–H and O–H groups in total. The topological polar surface area (TPSA) is 55.8 Å². The van der Waals surface area contributed by atoms with Gasteiger partial charge in [0.15, 0.2) is 0 Å². The third kappa shape index (κ3) is 3.50. The molecule has 4 heteroatoms. The molecular weight excluding hydrogens is 160 g/mol. The van der Waals surface area contributed by atoms with Gasteiger partial charge in [0.1, 0.15) is 6.10 Å². The zero-order valence-electron chi connectivity index (χ0n) is 7.53. The normalized spacial score (nSPS) is 15.0. The van der Waals surface area contributed by atoms with Crippen LogP contribution in [0.3, 0.4) is 0 Å². The number of esters is 1. The fourth-order valence-electron chi connectivity index (χ4n) is 0.422. The van der Waals surface area contributed by atoms with Crippen LogP contribution in [0.1, 0.15) is 13.8 Å². The second-order valence-corrected chi connectivity index (χ2v) is 2.52. The number of carbonyl (C=O) groups is 1. The van der Waals surface area contributed by atoms with Crippen LogP contribution in [0.5, 0.6) is 0 Å². The number of ether oxygens (including phenoxy) is 2. The summed E-state index contributed by atoms with van der Waals surface area (Å²) in [6.07, 6.45) is -1.77. The van der Waals surface area contributed by atoms with Crippen LogP contribution >= 0.6 is 0 Å². The summed E-state index contributed by atoms with van der Waals surface area (Å²) in [6, 6.07) is 0. The molecule has 0 amide bonds. The zero-order valence-corrected chi connectivity index (χ0v) is 7.53. The van der Waals surface area contributed by atoms with Crippen molar-refractivity contribution in [3.8, 4) is 0 Å². The number of methoxy groups -OCH3 is 1. The summed E-state index contributed by atoms with van der Waals surface area (Å²) in [4.78, 5) is 10.8. The van der Waals surface area contributed by atoms with Crippen molar-refractivity contribution in [2.45, 2.75) is 26.2 Å². The first-order valence-electron chi connectivity index (χ1n) is 3.56. The van der Waals surface area contributed by atoms with Gasteiger partial charge in [0.05, 0.1) is 0 Å². The van der Waals surface area contributed by atoms with Gasteiger partial charge in [0.25, 0.3) is 0 Å². The molecule has 2 atom stereocenters. The van der Waals surface area contributed by atoms with Gasteiger partial charge in [-0.2, -0.15) is 0 Å². The second-order valence-electron chi connectivity index (χ2n) is 2.52. The summed E-state index contributed by atoms with van der Waals surface area (Å²) in [5.74, 6) is -0.619. The molecule has 0 aromatic heterocycles. The molecule has 0 aromatic rings.